The third kappa shape index (κ3) is 4.79. The van der Waals surface area contributed by atoms with Crippen LogP contribution in [0.15, 0.2) is 82.0 Å². The van der Waals surface area contributed by atoms with Gasteiger partial charge in [0.2, 0.25) is 0 Å². The summed E-state index contributed by atoms with van der Waals surface area (Å²) in [6.07, 6.45) is 1.68. The molecule has 0 aliphatic heterocycles. The second-order valence-electron chi connectivity index (χ2n) is 6.96. The van der Waals surface area contributed by atoms with Gasteiger partial charge in [-0.05, 0) is 53.6 Å². The number of rotatable bonds is 5. The van der Waals surface area contributed by atoms with Crippen molar-refractivity contribution in [3.63, 3.8) is 0 Å². The van der Waals surface area contributed by atoms with Crippen LogP contribution in [0, 0.1) is 11.3 Å². The lowest BCUT2D eigenvalue weighted by Gasteiger charge is -2.10. The Morgan fingerprint density at radius 2 is 1.79 bits per heavy atom. The Labute approximate surface area is 193 Å². The summed E-state index contributed by atoms with van der Waals surface area (Å²) in [4.78, 5) is 24.9. The molecule has 0 fully saturated rings. The highest BCUT2D eigenvalue weighted by Gasteiger charge is 2.18. The van der Waals surface area contributed by atoms with Gasteiger partial charge in [-0.15, -0.1) is 0 Å². The quantitative estimate of drug-likeness (QED) is 0.125. The summed E-state index contributed by atoms with van der Waals surface area (Å²) in [6.45, 7) is 0. The Kier molecular flexibility index (Phi) is 6.25. The van der Waals surface area contributed by atoms with Crippen LogP contribution < -0.4 is 15.1 Å². The minimum Gasteiger partial charge on any atom is -0.493 e. The fraction of sp³-hybridized carbons (Fsp3) is 0.0385. The predicted octanol–water partition coefficient (Wildman–Crippen LogP) is 5.74. The van der Waals surface area contributed by atoms with E-state index in [0.29, 0.717) is 32.7 Å². The minimum absolute atomic E-state index is 0.122. The molecule has 0 saturated carbocycles. The number of allylic oxidation sites excluding steroid dienone is 1. The monoisotopic (exact) mass is 457 g/mol. The van der Waals surface area contributed by atoms with Crippen molar-refractivity contribution < 1.29 is 18.7 Å². The standard InChI is InChI=1S/C26H16ClNO5/c1-31-24-13-16(12-19(15-28)17-7-9-20(27)10-8-17)6-11-23(24)33-26(30)21-14-18-4-2-3-5-22(18)32-25(21)29/h2-14H,1H3. The molecule has 0 aliphatic rings. The van der Waals surface area contributed by atoms with Gasteiger partial charge in [0.1, 0.15) is 11.1 Å². The van der Waals surface area contributed by atoms with Gasteiger partial charge in [-0.3, -0.25) is 0 Å². The molecule has 1 heterocycles. The van der Waals surface area contributed by atoms with Gasteiger partial charge >= 0.3 is 11.6 Å². The fourth-order valence-corrected chi connectivity index (χ4v) is 3.32. The molecule has 0 unspecified atom stereocenters. The number of nitrogens with zero attached hydrogens (tertiary/aromatic N) is 1. The van der Waals surface area contributed by atoms with E-state index in [2.05, 4.69) is 6.07 Å². The molecule has 0 bridgehead atoms. The van der Waals surface area contributed by atoms with E-state index in [1.54, 1.807) is 66.7 Å². The highest BCUT2D eigenvalue weighted by Crippen LogP contribution is 2.30. The molecule has 162 valence electrons. The van der Waals surface area contributed by atoms with E-state index in [1.807, 2.05) is 0 Å². The third-order valence-corrected chi connectivity index (χ3v) is 5.09. The molecular weight excluding hydrogens is 442 g/mol. The van der Waals surface area contributed by atoms with Gasteiger partial charge in [-0.25, -0.2) is 9.59 Å². The van der Waals surface area contributed by atoms with Crippen molar-refractivity contribution in [1.29, 1.82) is 5.26 Å². The van der Waals surface area contributed by atoms with Crippen LogP contribution >= 0.6 is 11.6 Å². The summed E-state index contributed by atoms with van der Waals surface area (Å²) in [5.74, 6) is -0.483. The van der Waals surface area contributed by atoms with Crippen LogP contribution in [-0.2, 0) is 0 Å². The maximum absolute atomic E-state index is 12.7. The summed E-state index contributed by atoms with van der Waals surface area (Å²) >= 11 is 5.92. The summed E-state index contributed by atoms with van der Waals surface area (Å²) in [6, 6.07) is 22.2. The largest absolute Gasteiger partial charge is 0.493 e. The first-order chi connectivity index (χ1) is 16.0. The normalized spacial score (nSPS) is 11.1. The number of nitriles is 1. The molecule has 0 aliphatic carbocycles. The number of halogens is 1. The Balaban J connectivity index is 1.63. The molecule has 4 aromatic rings. The Bertz CT molecular complexity index is 1480. The van der Waals surface area contributed by atoms with E-state index in [1.165, 1.54) is 19.2 Å². The first-order valence-electron chi connectivity index (χ1n) is 9.79. The van der Waals surface area contributed by atoms with Crippen LogP contribution in [0.2, 0.25) is 5.02 Å². The molecule has 1 aromatic heterocycles. The predicted molar refractivity (Wildman–Crippen MR) is 125 cm³/mol. The van der Waals surface area contributed by atoms with E-state index < -0.39 is 11.6 Å². The van der Waals surface area contributed by atoms with Crippen LogP contribution in [0.5, 0.6) is 11.5 Å². The average Bonchev–Trinajstić information content (AvgIpc) is 2.83. The molecule has 4 rings (SSSR count). The number of fused-ring (bicyclic) bond motifs is 1. The SMILES string of the molecule is COc1cc(C=C(C#N)c2ccc(Cl)cc2)ccc1OC(=O)c1cc2ccccc2oc1=O. The zero-order valence-corrected chi connectivity index (χ0v) is 18.1. The molecular formula is C26H16ClNO5. The van der Waals surface area contributed by atoms with Crippen LogP contribution in [0.4, 0.5) is 0 Å². The smallest absolute Gasteiger partial charge is 0.351 e. The lowest BCUT2D eigenvalue weighted by molar-refractivity contribution is 0.0725. The third-order valence-electron chi connectivity index (χ3n) is 4.84. The maximum Gasteiger partial charge on any atom is 0.351 e. The summed E-state index contributed by atoms with van der Waals surface area (Å²) in [5, 5.41) is 10.7. The van der Waals surface area contributed by atoms with Gasteiger partial charge in [0.25, 0.3) is 0 Å². The van der Waals surface area contributed by atoms with Crippen molar-refractivity contribution in [2.75, 3.05) is 7.11 Å². The highest BCUT2D eigenvalue weighted by molar-refractivity contribution is 6.30. The Morgan fingerprint density at radius 3 is 2.52 bits per heavy atom. The average molecular weight is 458 g/mol. The van der Waals surface area contributed by atoms with Crippen LogP contribution in [-0.4, -0.2) is 13.1 Å². The summed E-state index contributed by atoms with van der Waals surface area (Å²) < 4.78 is 16.0. The van der Waals surface area contributed by atoms with E-state index >= 15 is 0 Å². The second-order valence-corrected chi connectivity index (χ2v) is 7.40. The van der Waals surface area contributed by atoms with Gasteiger partial charge in [-0.1, -0.05) is 48.0 Å². The van der Waals surface area contributed by atoms with Gasteiger partial charge < -0.3 is 13.9 Å². The Hall–Kier alpha value is -4.34. The van der Waals surface area contributed by atoms with Gasteiger partial charge in [0.05, 0.1) is 18.8 Å². The van der Waals surface area contributed by atoms with Crippen molar-refractivity contribution in [1.82, 2.24) is 0 Å². The summed E-state index contributed by atoms with van der Waals surface area (Å²) in [7, 11) is 1.43. The van der Waals surface area contributed by atoms with Gasteiger partial charge in [-0.2, -0.15) is 5.26 Å². The number of carbonyl (C=O) groups is 1. The first-order valence-corrected chi connectivity index (χ1v) is 10.2. The molecule has 33 heavy (non-hydrogen) atoms. The molecule has 3 aromatic carbocycles. The van der Waals surface area contributed by atoms with Crippen molar-refractivity contribution in [2.45, 2.75) is 0 Å². The van der Waals surface area contributed by atoms with E-state index in [0.717, 1.165) is 0 Å². The van der Waals surface area contributed by atoms with Crippen molar-refractivity contribution in [2.24, 2.45) is 0 Å². The molecule has 0 radical (unpaired) electrons. The number of para-hydroxylation sites is 1. The Morgan fingerprint density at radius 1 is 1.03 bits per heavy atom. The van der Waals surface area contributed by atoms with Gasteiger partial charge in [0.15, 0.2) is 11.5 Å². The number of carbonyl (C=O) groups excluding carboxylic acids is 1. The number of esters is 1. The zero-order valence-electron chi connectivity index (χ0n) is 17.4. The molecule has 6 nitrogen and oxygen atoms in total. The molecule has 0 amide bonds. The van der Waals surface area contributed by atoms with Crippen LogP contribution in [0.25, 0.3) is 22.6 Å². The molecule has 0 spiro atoms. The minimum atomic E-state index is -0.866. The number of hydrogen-bond donors (Lipinski definition) is 0. The van der Waals surface area contributed by atoms with Gasteiger partial charge in [0, 0.05) is 10.4 Å². The van der Waals surface area contributed by atoms with E-state index in [4.69, 9.17) is 25.5 Å². The van der Waals surface area contributed by atoms with Crippen molar-refractivity contribution >= 4 is 40.2 Å². The van der Waals surface area contributed by atoms with Crippen molar-refractivity contribution in [3.05, 3.63) is 105 Å². The fourth-order valence-electron chi connectivity index (χ4n) is 3.19. The maximum atomic E-state index is 12.7. The molecule has 0 N–H and O–H groups in total. The van der Waals surface area contributed by atoms with E-state index in [9.17, 15) is 14.9 Å². The summed E-state index contributed by atoms with van der Waals surface area (Å²) in [5.41, 5.74) is 1.14. The molecule has 0 saturated heterocycles. The molecule has 0 atom stereocenters. The highest BCUT2D eigenvalue weighted by atomic mass is 35.5. The number of methoxy groups -OCH3 is 1. The zero-order chi connectivity index (χ0) is 23.4. The number of hydrogen-bond acceptors (Lipinski definition) is 6. The van der Waals surface area contributed by atoms with Crippen molar-refractivity contribution in [3.8, 4) is 17.6 Å². The van der Waals surface area contributed by atoms with Crippen LogP contribution in [0.3, 0.4) is 0 Å². The van der Waals surface area contributed by atoms with E-state index in [-0.39, 0.29) is 17.1 Å². The number of ether oxygens (including phenoxy) is 2. The lowest BCUT2D eigenvalue weighted by atomic mass is 10.0. The van der Waals surface area contributed by atoms with Crippen LogP contribution in [0.1, 0.15) is 21.5 Å². The second kappa shape index (κ2) is 9.43. The lowest BCUT2D eigenvalue weighted by Crippen LogP contribution is -2.19. The number of benzene rings is 3. The molecule has 7 heteroatoms. The first kappa shape index (κ1) is 21.9. The topological polar surface area (TPSA) is 89.5 Å².